The van der Waals surface area contributed by atoms with Crippen molar-refractivity contribution in [1.82, 2.24) is 9.55 Å². The van der Waals surface area contributed by atoms with Crippen LogP contribution in [-0.2, 0) is 17.9 Å². The highest BCUT2D eigenvalue weighted by Gasteiger charge is 2.36. The zero-order valence-electron chi connectivity index (χ0n) is 15.6. The summed E-state index contributed by atoms with van der Waals surface area (Å²) in [7, 11) is 0. The number of carbonyl (C=O) groups excluding carboxylic acids is 2. The summed E-state index contributed by atoms with van der Waals surface area (Å²) in [6.45, 7) is 3.72. The highest BCUT2D eigenvalue weighted by Crippen LogP contribution is 2.27. The first kappa shape index (κ1) is 18.5. The molecule has 1 aliphatic carbocycles. The van der Waals surface area contributed by atoms with Gasteiger partial charge in [-0.05, 0) is 37.1 Å². The zero-order chi connectivity index (χ0) is 20.0. The summed E-state index contributed by atoms with van der Waals surface area (Å²) in [5, 5.41) is 22.0. The molecule has 2 heterocycles. The van der Waals surface area contributed by atoms with Crippen molar-refractivity contribution in [3.05, 3.63) is 58.3 Å². The smallest absolute Gasteiger partial charge is 0.230 e. The molecule has 0 amide bonds. The van der Waals surface area contributed by atoms with Crippen molar-refractivity contribution in [2.24, 2.45) is 0 Å². The van der Waals surface area contributed by atoms with Gasteiger partial charge in [-0.2, -0.15) is 0 Å². The van der Waals surface area contributed by atoms with Crippen LogP contribution in [0.5, 0.6) is 0 Å². The number of aromatic nitrogens is 2. The van der Waals surface area contributed by atoms with E-state index < -0.39 is 18.8 Å². The van der Waals surface area contributed by atoms with Gasteiger partial charge in [-0.15, -0.1) is 0 Å². The van der Waals surface area contributed by atoms with E-state index in [0.717, 1.165) is 16.8 Å². The number of benzene rings is 1. The predicted octanol–water partition coefficient (Wildman–Crippen LogP) is 1.13. The first-order valence-corrected chi connectivity index (χ1v) is 9.04. The van der Waals surface area contributed by atoms with Gasteiger partial charge in [0.15, 0.2) is 0 Å². The van der Waals surface area contributed by atoms with Crippen LogP contribution >= 0.6 is 0 Å². The molecule has 2 aliphatic rings. The molecule has 0 fully saturated rings. The summed E-state index contributed by atoms with van der Waals surface area (Å²) in [6.07, 6.45) is -0.460. The number of anilines is 1. The molecule has 0 spiro atoms. The molecule has 0 saturated carbocycles. The number of ketones is 2. The fourth-order valence-electron chi connectivity index (χ4n) is 3.44. The molecule has 8 nitrogen and oxygen atoms in total. The number of hydrogen-bond donors (Lipinski definition) is 3. The quantitative estimate of drug-likeness (QED) is 0.725. The second-order valence-electron chi connectivity index (χ2n) is 7.11. The van der Waals surface area contributed by atoms with E-state index in [1.54, 1.807) is 4.57 Å². The molecule has 8 heteroatoms. The van der Waals surface area contributed by atoms with Crippen molar-refractivity contribution >= 4 is 17.3 Å². The van der Waals surface area contributed by atoms with E-state index in [0.29, 0.717) is 5.82 Å². The number of rotatable bonds is 4. The maximum Gasteiger partial charge on any atom is 0.230 e. The van der Waals surface area contributed by atoms with E-state index in [1.165, 1.54) is 6.08 Å². The van der Waals surface area contributed by atoms with E-state index in [-0.39, 0.29) is 41.8 Å². The van der Waals surface area contributed by atoms with Crippen LogP contribution in [0.25, 0.3) is 0 Å². The minimum absolute atomic E-state index is 0.0508. The van der Waals surface area contributed by atoms with Crippen LogP contribution in [0.2, 0.25) is 0 Å². The molecule has 0 unspecified atom stereocenters. The van der Waals surface area contributed by atoms with E-state index >= 15 is 0 Å². The van der Waals surface area contributed by atoms with Crippen LogP contribution in [0, 0.1) is 13.8 Å². The van der Waals surface area contributed by atoms with Gasteiger partial charge in [0.05, 0.1) is 18.8 Å². The van der Waals surface area contributed by atoms with Crippen LogP contribution in [0.1, 0.15) is 37.9 Å². The van der Waals surface area contributed by atoms with Gasteiger partial charge in [0, 0.05) is 11.8 Å². The molecule has 2 atom stereocenters. The number of aryl methyl sites for hydroxylation is 2. The average Bonchev–Trinajstić information content (AvgIpc) is 3.07. The molecule has 2 aromatic rings. The van der Waals surface area contributed by atoms with Crippen molar-refractivity contribution in [1.29, 1.82) is 0 Å². The fourth-order valence-corrected chi connectivity index (χ4v) is 3.44. The SMILES string of the molecule is Cc1ccc(NC2=CC(=O)c3c(nc4n3C[C@@H]([C@H](O)CO)OC4)C2=O)cc1C. The summed E-state index contributed by atoms with van der Waals surface area (Å²) in [4.78, 5) is 30.0. The Morgan fingerprint density at radius 3 is 2.82 bits per heavy atom. The number of aliphatic hydroxyl groups excluding tert-OH is 2. The maximum absolute atomic E-state index is 12.9. The summed E-state index contributed by atoms with van der Waals surface area (Å²) in [5.41, 5.74) is 3.38. The molecule has 146 valence electrons. The van der Waals surface area contributed by atoms with E-state index in [9.17, 15) is 14.7 Å². The predicted molar refractivity (Wildman–Crippen MR) is 100 cm³/mol. The van der Waals surface area contributed by atoms with Crippen molar-refractivity contribution in [2.75, 3.05) is 11.9 Å². The molecule has 0 saturated heterocycles. The van der Waals surface area contributed by atoms with Gasteiger partial charge in [-0.25, -0.2) is 4.98 Å². The second kappa shape index (κ2) is 6.97. The molecule has 0 radical (unpaired) electrons. The van der Waals surface area contributed by atoms with Crippen molar-refractivity contribution in [3.63, 3.8) is 0 Å². The number of hydrogen-bond acceptors (Lipinski definition) is 7. The third-order valence-corrected chi connectivity index (χ3v) is 5.21. The van der Waals surface area contributed by atoms with Crippen LogP contribution in [0.3, 0.4) is 0 Å². The number of imidazole rings is 1. The minimum Gasteiger partial charge on any atom is -0.394 e. The minimum atomic E-state index is -1.07. The molecule has 4 rings (SSSR count). The molecule has 3 N–H and O–H groups in total. The highest BCUT2D eigenvalue weighted by atomic mass is 16.5. The van der Waals surface area contributed by atoms with Gasteiger partial charge in [0.2, 0.25) is 11.6 Å². The molecule has 1 aliphatic heterocycles. The Morgan fingerprint density at radius 1 is 1.32 bits per heavy atom. The fraction of sp³-hybridized carbons (Fsp3) is 0.350. The first-order valence-electron chi connectivity index (χ1n) is 9.04. The van der Waals surface area contributed by atoms with Crippen molar-refractivity contribution in [3.8, 4) is 0 Å². The molecular formula is C20H21N3O5. The lowest BCUT2D eigenvalue weighted by Crippen LogP contribution is -2.40. The monoisotopic (exact) mass is 383 g/mol. The number of ether oxygens (including phenoxy) is 1. The number of fused-ring (bicyclic) bond motifs is 3. The lowest BCUT2D eigenvalue weighted by atomic mass is 10.0. The molecule has 1 aromatic heterocycles. The number of allylic oxidation sites excluding steroid dienone is 2. The largest absolute Gasteiger partial charge is 0.394 e. The van der Waals surface area contributed by atoms with Gasteiger partial charge in [-0.1, -0.05) is 6.07 Å². The summed E-state index contributed by atoms with van der Waals surface area (Å²) in [5.74, 6) is -0.248. The average molecular weight is 383 g/mol. The lowest BCUT2D eigenvalue weighted by molar-refractivity contribution is -0.0873. The summed E-state index contributed by atoms with van der Waals surface area (Å²) in [6, 6.07) is 5.71. The molecule has 28 heavy (non-hydrogen) atoms. The third kappa shape index (κ3) is 3.05. The number of Topliss-reactive ketones (excluding diaryl/α,β-unsaturated/α-hetero) is 1. The Morgan fingerprint density at radius 2 is 2.11 bits per heavy atom. The van der Waals surface area contributed by atoms with Crippen LogP contribution in [0.4, 0.5) is 5.69 Å². The van der Waals surface area contributed by atoms with Gasteiger partial charge in [0.25, 0.3) is 0 Å². The van der Waals surface area contributed by atoms with Crippen molar-refractivity contribution in [2.45, 2.75) is 39.2 Å². The normalized spacial score (nSPS) is 19.7. The third-order valence-electron chi connectivity index (χ3n) is 5.21. The molecule has 0 bridgehead atoms. The van der Waals surface area contributed by atoms with Crippen LogP contribution < -0.4 is 5.32 Å². The van der Waals surface area contributed by atoms with Gasteiger partial charge >= 0.3 is 0 Å². The van der Waals surface area contributed by atoms with Crippen LogP contribution in [0.15, 0.2) is 30.0 Å². The Hall–Kier alpha value is -2.81. The number of aliphatic hydroxyl groups is 2. The lowest BCUT2D eigenvalue weighted by Gasteiger charge is -2.28. The molecular weight excluding hydrogens is 362 g/mol. The summed E-state index contributed by atoms with van der Waals surface area (Å²) < 4.78 is 7.11. The first-order chi connectivity index (χ1) is 13.4. The summed E-state index contributed by atoms with van der Waals surface area (Å²) >= 11 is 0. The van der Waals surface area contributed by atoms with Gasteiger partial charge < -0.3 is 24.8 Å². The standard InChI is InChI=1S/C20H21N3O5/c1-10-3-4-12(5-11(10)2)21-13-6-14(25)19-18(20(13)27)22-17-9-28-16(7-23(17)19)15(26)8-24/h3-6,15-16,21,24,26H,7-9H2,1-2H3/t15-,16+/m1/s1. The number of nitrogens with zero attached hydrogens (tertiary/aromatic N) is 2. The van der Waals surface area contributed by atoms with E-state index in [2.05, 4.69) is 10.3 Å². The number of nitrogens with one attached hydrogen (secondary N) is 1. The van der Waals surface area contributed by atoms with Gasteiger partial charge in [0.1, 0.15) is 36.0 Å². The zero-order valence-corrected chi connectivity index (χ0v) is 15.6. The van der Waals surface area contributed by atoms with Crippen LogP contribution in [-0.4, -0.2) is 50.1 Å². The van der Waals surface area contributed by atoms with Crippen molar-refractivity contribution < 1.29 is 24.5 Å². The number of carbonyl (C=O) groups is 2. The topological polar surface area (TPSA) is 114 Å². The van der Waals surface area contributed by atoms with E-state index in [4.69, 9.17) is 9.84 Å². The highest BCUT2D eigenvalue weighted by molar-refractivity contribution is 6.24. The molecule has 1 aromatic carbocycles. The second-order valence-corrected chi connectivity index (χ2v) is 7.11. The Labute approximate surface area is 161 Å². The Balaban J connectivity index is 1.64. The van der Waals surface area contributed by atoms with Gasteiger partial charge in [-0.3, -0.25) is 9.59 Å². The maximum atomic E-state index is 12.9. The van der Waals surface area contributed by atoms with E-state index in [1.807, 2.05) is 32.0 Å². The Kier molecular flexibility index (Phi) is 4.62. The Bertz CT molecular complexity index is 1010.